The summed E-state index contributed by atoms with van der Waals surface area (Å²) in [5.74, 6) is 0.612. The van der Waals surface area contributed by atoms with E-state index in [-0.39, 0.29) is 0 Å². The molecule has 1 aromatic heterocycles. The van der Waals surface area contributed by atoms with Crippen molar-refractivity contribution in [1.29, 1.82) is 0 Å². The van der Waals surface area contributed by atoms with E-state index in [1.807, 2.05) is 11.9 Å². The number of nitrogens with zero attached hydrogens (tertiary/aromatic N) is 1. The van der Waals surface area contributed by atoms with Crippen LogP contribution in [0.3, 0.4) is 0 Å². The third kappa shape index (κ3) is 2.61. The Morgan fingerprint density at radius 3 is 2.87 bits per heavy atom. The third-order valence-electron chi connectivity index (χ3n) is 2.87. The zero-order valence-electron chi connectivity index (χ0n) is 8.70. The SMILES string of the molecule is CN(Cc1csc(Br)c1)C(=O)C1CCC1. The molecule has 2 nitrogen and oxygen atoms in total. The predicted molar refractivity (Wildman–Crippen MR) is 65.8 cm³/mol. The van der Waals surface area contributed by atoms with Crippen LogP contribution in [0.1, 0.15) is 24.8 Å². The molecule has 0 aliphatic heterocycles. The van der Waals surface area contributed by atoms with E-state index in [0.29, 0.717) is 11.8 Å². The van der Waals surface area contributed by atoms with Crippen LogP contribution in [0.25, 0.3) is 0 Å². The van der Waals surface area contributed by atoms with E-state index in [0.717, 1.165) is 23.2 Å². The number of thiophene rings is 1. The van der Waals surface area contributed by atoms with Crippen molar-refractivity contribution in [2.75, 3.05) is 7.05 Å². The first-order valence-corrected chi connectivity index (χ1v) is 6.82. The van der Waals surface area contributed by atoms with Gasteiger partial charge in [0.25, 0.3) is 0 Å². The monoisotopic (exact) mass is 287 g/mol. The second-order valence-electron chi connectivity index (χ2n) is 4.08. The van der Waals surface area contributed by atoms with Crippen LogP contribution < -0.4 is 0 Å². The molecule has 4 heteroatoms. The topological polar surface area (TPSA) is 20.3 Å². The van der Waals surface area contributed by atoms with Gasteiger partial charge in [0.2, 0.25) is 5.91 Å². The quantitative estimate of drug-likeness (QED) is 0.836. The minimum atomic E-state index is 0.303. The van der Waals surface area contributed by atoms with Crippen LogP contribution >= 0.6 is 27.3 Å². The molecule has 1 saturated carbocycles. The fourth-order valence-corrected chi connectivity index (χ4v) is 2.95. The van der Waals surface area contributed by atoms with Crippen molar-refractivity contribution in [2.45, 2.75) is 25.8 Å². The van der Waals surface area contributed by atoms with Crippen LogP contribution in [0.2, 0.25) is 0 Å². The average Bonchev–Trinajstić information content (AvgIpc) is 2.48. The molecule has 0 bridgehead atoms. The molecule has 15 heavy (non-hydrogen) atoms. The van der Waals surface area contributed by atoms with Gasteiger partial charge in [-0.2, -0.15) is 0 Å². The summed E-state index contributed by atoms with van der Waals surface area (Å²) in [6.07, 6.45) is 3.38. The summed E-state index contributed by atoms with van der Waals surface area (Å²) >= 11 is 5.09. The van der Waals surface area contributed by atoms with Crippen LogP contribution in [0.15, 0.2) is 15.2 Å². The molecule has 1 amide bonds. The molecular weight excluding hydrogens is 274 g/mol. The number of rotatable bonds is 3. The smallest absolute Gasteiger partial charge is 0.225 e. The van der Waals surface area contributed by atoms with Crippen molar-refractivity contribution in [3.8, 4) is 0 Å². The molecule has 0 atom stereocenters. The molecule has 2 rings (SSSR count). The van der Waals surface area contributed by atoms with Crippen molar-refractivity contribution >= 4 is 33.2 Å². The maximum Gasteiger partial charge on any atom is 0.225 e. The highest BCUT2D eigenvalue weighted by Crippen LogP contribution is 2.29. The zero-order valence-corrected chi connectivity index (χ0v) is 11.1. The predicted octanol–water partition coefficient (Wildman–Crippen LogP) is 3.27. The summed E-state index contributed by atoms with van der Waals surface area (Å²) in [5, 5.41) is 2.09. The molecule has 1 aliphatic carbocycles. The van der Waals surface area contributed by atoms with Crippen molar-refractivity contribution in [2.24, 2.45) is 5.92 Å². The third-order valence-corrected chi connectivity index (χ3v) is 4.43. The lowest BCUT2D eigenvalue weighted by Crippen LogP contribution is -2.35. The Kier molecular flexibility index (Phi) is 3.46. The highest BCUT2D eigenvalue weighted by molar-refractivity contribution is 9.11. The van der Waals surface area contributed by atoms with Gasteiger partial charge in [-0.25, -0.2) is 0 Å². The van der Waals surface area contributed by atoms with Gasteiger partial charge in [0, 0.05) is 19.5 Å². The van der Waals surface area contributed by atoms with Gasteiger partial charge in [0.15, 0.2) is 0 Å². The Bertz CT molecular complexity index is 359. The normalized spacial score (nSPS) is 16.1. The summed E-state index contributed by atoms with van der Waals surface area (Å²) in [6, 6.07) is 2.08. The second kappa shape index (κ2) is 4.66. The highest BCUT2D eigenvalue weighted by atomic mass is 79.9. The standard InChI is InChI=1S/C11H14BrNOS/c1-13(11(14)9-3-2-4-9)6-8-5-10(12)15-7-8/h5,7,9H,2-4,6H2,1H3. The molecule has 1 aliphatic rings. The van der Waals surface area contributed by atoms with E-state index in [4.69, 9.17) is 0 Å². The maximum absolute atomic E-state index is 11.9. The molecule has 0 radical (unpaired) electrons. The second-order valence-corrected chi connectivity index (χ2v) is 6.37. The Morgan fingerprint density at radius 1 is 1.67 bits per heavy atom. The van der Waals surface area contributed by atoms with Crippen LogP contribution in [0.4, 0.5) is 0 Å². The molecule has 82 valence electrons. The first-order valence-electron chi connectivity index (χ1n) is 5.14. The van der Waals surface area contributed by atoms with E-state index in [1.54, 1.807) is 11.3 Å². The number of hydrogen-bond donors (Lipinski definition) is 0. The fraction of sp³-hybridized carbons (Fsp3) is 0.545. The van der Waals surface area contributed by atoms with Gasteiger partial charge in [-0.05, 0) is 45.8 Å². The van der Waals surface area contributed by atoms with E-state index in [1.165, 1.54) is 12.0 Å². The van der Waals surface area contributed by atoms with Crippen LogP contribution in [-0.4, -0.2) is 17.9 Å². The molecule has 0 aromatic carbocycles. The fourth-order valence-electron chi connectivity index (χ4n) is 1.75. The number of carbonyl (C=O) groups excluding carboxylic acids is 1. The Morgan fingerprint density at radius 2 is 2.40 bits per heavy atom. The van der Waals surface area contributed by atoms with Gasteiger partial charge in [-0.1, -0.05) is 6.42 Å². The first-order chi connectivity index (χ1) is 7.16. The minimum Gasteiger partial charge on any atom is -0.341 e. The summed E-state index contributed by atoms with van der Waals surface area (Å²) in [5.41, 5.74) is 1.21. The largest absolute Gasteiger partial charge is 0.341 e. The zero-order chi connectivity index (χ0) is 10.8. The van der Waals surface area contributed by atoms with Crippen molar-refractivity contribution < 1.29 is 4.79 Å². The first kappa shape index (κ1) is 11.1. The summed E-state index contributed by atoms with van der Waals surface area (Å²) in [4.78, 5) is 13.7. The number of amides is 1. The molecular formula is C11H14BrNOS. The van der Waals surface area contributed by atoms with E-state index >= 15 is 0 Å². The van der Waals surface area contributed by atoms with Crippen LogP contribution in [0.5, 0.6) is 0 Å². The summed E-state index contributed by atoms with van der Waals surface area (Å²) in [7, 11) is 1.90. The van der Waals surface area contributed by atoms with Gasteiger partial charge in [0.05, 0.1) is 3.79 Å². The van der Waals surface area contributed by atoms with Crippen molar-refractivity contribution in [3.63, 3.8) is 0 Å². The van der Waals surface area contributed by atoms with Crippen LogP contribution in [0, 0.1) is 5.92 Å². The van der Waals surface area contributed by atoms with Gasteiger partial charge in [0.1, 0.15) is 0 Å². The van der Waals surface area contributed by atoms with Gasteiger partial charge >= 0.3 is 0 Å². The van der Waals surface area contributed by atoms with E-state index in [2.05, 4.69) is 27.4 Å². The van der Waals surface area contributed by atoms with E-state index < -0.39 is 0 Å². The Hall–Kier alpha value is -0.350. The number of hydrogen-bond acceptors (Lipinski definition) is 2. The van der Waals surface area contributed by atoms with Gasteiger partial charge < -0.3 is 4.90 Å². The van der Waals surface area contributed by atoms with E-state index in [9.17, 15) is 4.79 Å². The lowest BCUT2D eigenvalue weighted by atomic mass is 9.84. The number of carbonyl (C=O) groups is 1. The Balaban J connectivity index is 1.91. The molecule has 0 spiro atoms. The van der Waals surface area contributed by atoms with Crippen molar-refractivity contribution in [3.05, 3.63) is 20.8 Å². The van der Waals surface area contributed by atoms with Gasteiger partial charge in [-0.3, -0.25) is 4.79 Å². The lowest BCUT2D eigenvalue weighted by molar-refractivity contribution is -0.137. The highest BCUT2D eigenvalue weighted by Gasteiger charge is 2.27. The maximum atomic E-state index is 11.9. The molecule has 1 fully saturated rings. The lowest BCUT2D eigenvalue weighted by Gasteiger charge is -2.29. The Labute approximate surface area is 102 Å². The van der Waals surface area contributed by atoms with Crippen molar-refractivity contribution in [1.82, 2.24) is 4.90 Å². The molecule has 0 unspecified atom stereocenters. The number of halogens is 1. The minimum absolute atomic E-state index is 0.303. The molecule has 0 N–H and O–H groups in total. The molecule has 0 saturated heterocycles. The molecule has 1 heterocycles. The summed E-state index contributed by atoms with van der Waals surface area (Å²) in [6.45, 7) is 0.734. The summed E-state index contributed by atoms with van der Waals surface area (Å²) < 4.78 is 1.13. The van der Waals surface area contributed by atoms with Crippen LogP contribution in [-0.2, 0) is 11.3 Å². The molecule has 1 aromatic rings. The van der Waals surface area contributed by atoms with Gasteiger partial charge in [-0.15, -0.1) is 11.3 Å². The average molecular weight is 288 g/mol.